The van der Waals surface area contributed by atoms with Gasteiger partial charge in [-0.1, -0.05) is 0 Å². The highest BCUT2D eigenvalue weighted by atomic mass is 15.2. The molecule has 0 bridgehead atoms. The Balaban J connectivity index is 1.68. The molecule has 2 N–H and O–H groups in total. The predicted molar refractivity (Wildman–Crippen MR) is 81.0 cm³/mol. The highest BCUT2D eigenvalue weighted by molar-refractivity contribution is 5.50. The van der Waals surface area contributed by atoms with Crippen LogP contribution in [0.5, 0.6) is 0 Å². The monoisotopic (exact) mass is 275 g/mol. The summed E-state index contributed by atoms with van der Waals surface area (Å²) in [6.45, 7) is 6.42. The maximum absolute atomic E-state index is 5.61. The molecule has 1 fully saturated rings. The molecular formula is C15H25N5. The van der Waals surface area contributed by atoms with Crippen LogP contribution in [0.3, 0.4) is 0 Å². The minimum absolute atomic E-state index is 0.791. The Labute approximate surface area is 121 Å². The molecule has 0 radical (unpaired) electrons. The minimum atomic E-state index is 0.791. The summed E-state index contributed by atoms with van der Waals surface area (Å²) >= 11 is 0. The molecule has 1 aliphatic heterocycles. The number of hydrogen-bond donors (Lipinski definition) is 1. The van der Waals surface area contributed by atoms with E-state index < -0.39 is 0 Å². The third kappa shape index (κ3) is 2.94. The SMILES string of the molecule is NCCCN1CCCN(c2ncnc3c2CCC3)CC1. The van der Waals surface area contributed by atoms with E-state index in [4.69, 9.17) is 5.73 Å². The Bertz CT molecular complexity index is 448. The van der Waals surface area contributed by atoms with E-state index in [9.17, 15) is 0 Å². The van der Waals surface area contributed by atoms with Crippen LogP contribution in [-0.2, 0) is 12.8 Å². The second kappa shape index (κ2) is 6.50. The van der Waals surface area contributed by atoms with E-state index in [-0.39, 0.29) is 0 Å². The van der Waals surface area contributed by atoms with E-state index in [1.54, 1.807) is 6.33 Å². The lowest BCUT2D eigenvalue weighted by molar-refractivity contribution is 0.291. The van der Waals surface area contributed by atoms with Crippen LogP contribution >= 0.6 is 0 Å². The number of hydrogen-bond acceptors (Lipinski definition) is 5. The van der Waals surface area contributed by atoms with Gasteiger partial charge in [0.25, 0.3) is 0 Å². The van der Waals surface area contributed by atoms with Gasteiger partial charge >= 0.3 is 0 Å². The van der Waals surface area contributed by atoms with E-state index in [0.717, 1.165) is 52.0 Å². The van der Waals surface area contributed by atoms with Gasteiger partial charge in [-0.15, -0.1) is 0 Å². The lowest BCUT2D eigenvalue weighted by atomic mass is 10.2. The molecule has 0 amide bonds. The fourth-order valence-corrected chi connectivity index (χ4v) is 3.34. The summed E-state index contributed by atoms with van der Waals surface area (Å²) < 4.78 is 0. The molecule has 1 saturated heterocycles. The van der Waals surface area contributed by atoms with Crippen LogP contribution in [0.25, 0.3) is 0 Å². The summed E-state index contributed by atoms with van der Waals surface area (Å²) in [5.74, 6) is 1.20. The van der Waals surface area contributed by atoms with Gasteiger partial charge in [-0.25, -0.2) is 9.97 Å². The van der Waals surface area contributed by atoms with E-state index in [2.05, 4.69) is 19.8 Å². The van der Waals surface area contributed by atoms with Gasteiger partial charge in [-0.2, -0.15) is 0 Å². The first kappa shape index (κ1) is 13.8. The molecule has 0 atom stereocenters. The molecule has 1 aromatic rings. The van der Waals surface area contributed by atoms with Crippen molar-refractivity contribution < 1.29 is 0 Å². The molecule has 5 heteroatoms. The first-order chi connectivity index (χ1) is 9.88. The van der Waals surface area contributed by atoms with Crippen molar-refractivity contribution in [2.24, 2.45) is 5.73 Å². The zero-order valence-electron chi connectivity index (χ0n) is 12.2. The largest absolute Gasteiger partial charge is 0.355 e. The van der Waals surface area contributed by atoms with Crippen molar-refractivity contribution in [1.29, 1.82) is 0 Å². The molecule has 2 heterocycles. The Hall–Kier alpha value is -1.20. The number of aromatic nitrogens is 2. The normalized spacial score (nSPS) is 19.9. The molecule has 20 heavy (non-hydrogen) atoms. The number of rotatable bonds is 4. The quantitative estimate of drug-likeness (QED) is 0.882. The Morgan fingerprint density at radius 2 is 2.00 bits per heavy atom. The van der Waals surface area contributed by atoms with Gasteiger partial charge in [-0.05, 0) is 51.7 Å². The molecule has 0 spiro atoms. The summed E-state index contributed by atoms with van der Waals surface area (Å²) in [6.07, 6.45) is 7.57. The smallest absolute Gasteiger partial charge is 0.135 e. The molecule has 2 aliphatic rings. The Kier molecular flexibility index (Phi) is 4.47. The van der Waals surface area contributed by atoms with Crippen molar-refractivity contribution in [1.82, 2.24) is 14.9 Å². The van der Waals surface area contributed by atoms with E-state index >= 15 is 0 Å². The van der Waals surface area contributed by atoms with Crippen molar-refractivity contribution in [3.05, 3.63) is 17.6 Å². The molecule has 0 unspecified atom stereocenters. The second-order valence-corrected chi connectivity index (χ2v) is 5.80. The maximum Gasteiger partial charge on any atom is 0.135 e. The van der Waals surface area contributed by atoms with Crippen molar-refractivity contribution in [3.8, 4) is 0 Å². The third-order valence-electron chi connectivity index (χ3n) is 4.42. The van der Waals surface area contributed by atoms with Gasteiger partial charge in [0.05, 0.1) is 0 Å². The molecule has 1 aliphatic carbocycles. The van der Waals surface area contributed by atoms with Gasteiger partial charge < -0.3 is 15.5 Å². The zero-order valence-corrected chi connectivity index (χ0v) is 12.2. The van der Waals surface area contributed by atoms with E-state index in [0.29, 0.717) is 0 Å². The highest BCUT2D eigenvalue weighted by Crippen LogP contribution is 2.28. The number of fused-ring (bicyclic) bond motifs is 1. The Morgan fingerprint density at radius 1 is 1.05 bits per heavy atom. The average Bonchev–Trinajstić information content (AvgIpc) is 2.83. The molecule has 0 aromatic carbocycles. The van der Waals surface area contributed by atoms with Crippen LogP contribution < -0.4 is 10.6 Å². The van der Waals surface area contributed by atoms with Crippen molar-refractivity contribution in [3.63, 3.8) is 0 Å². The van der Waals surface area contributed by atoms with Crippen LogP contribution in [0.4, 0.5) is 5.82 Å². The third-order valence-corrected chi connectivity index (χ3v) is 4.42. The summed E-state index contributed by atoms with van der Waals surface area (Å²) in [4.78, 5) is 14.0. The van der Waals surface area contributed by atoms with Crippen LogP contribution in [0.15, 0.2) is 6.33 Å². The number of nitrogens with two attached hydrogens (primary N) is 1. The summed E-state index contributed by atoms with van der Waals surface area (Å²) in [5.41, 5.74) is 8.29. The van der Waals surface area contributed by atoms with Crippen LogP contribution in [-0.4, -0.2) is 54.1 Å². The summed E-state index contributed by atoms with van der Waals surface area (Å²) in [7, 11) is 0. The minimum Gasteiger partial charge on any atom is -0.355 e. The molecule has 110 valence electrons. The lowest BCUT2D eigenvalue weighted by Gasteiger charge is -2.24. The average molecular weight is 275 g/mol. The number of anilines is 1. The standard InChI is InChI=1S/C15H25N5/c16-6-2-7-19-8-3-9-20(11-10-19)15-13-4-1-5-14(13)17-12-18-15/h12H,1-11,16H2. The van der Waals surface area contributed by atoms with Crippen molar-refractivity contribution in [2.45, 2.75) is 32.1 Å². The van der Waals surface area contributed by atoms with E-state index in [1.165, 1.54) is 36.5 Å². The number of nitrogens with zero attached hydrogens (tertiary/aromatic N) is 4. The van der Waals surface area contributed by atoms with Gasteiger partial charge in [0, 0.05) is 30.9 Å². The number of aryl methyl sites for hydroxylation is 1. The fraction of sp³-hybridized carbons (Fsp3) is 0.733. The highest BCUT2D eigenvalue weighted by Gasteiger charge is 2.22. The molecule has 1 aromatic heterocycles. The Morgan fingerprint density at radius 3 is 2.90 bits per heavy atom. The topological polar surface area (TPSA) is 58.3 Å². The van der Waals surface area contributed by atoms with Crippen molar-refractivity contribution >= 4 is 5.82 Å². The van der Waals surface area contributed by atoms with Gasteiger partial charge in [-0.3, -0.25) is 0 Å². The first-order valence-corrected chi connectivity index (χ1v) is 7.88. The van der Waals surface area contributed by atoms with Crippen LogP contribution in [0.1, 0.15) is 30.5 Å². The van der Waals surface area contributed by atoms with Gasteiger partial charge in [0.15, 0.2) is 0 Å². The summed E-state index contributed by atoms with van der Waals surface area (Å²) in [5, 5.41) is 0. The fourth-order valence-electron chi connectivity index (χ4n) is 3.34. The van der Waals surface area contributed by atoms with Gasteiger partial charge in [0.1, 0.15) is 12.1 Å². The van der Waals surface area contributed by atoms with Crippen LogP contribution in [0.2, 0.25) is 0 Å². The zero-order chi connectivity index (χ0) is 13.8. The second-order valence-electron chi connectivity index (χ2n) is 5.80. The maximum atomic E-state index is 5.61. The van der Waals surface area contributed by atoms with Crippen molar-refractivity contribution in [2.75, 3.05) is 44.2 Å². The first-order valence-electron chi connectivity index (χ1n) is 7.88. The molecule has 0 saturated carbocycles. The molecular weight excluding hydrogens is 250 g/mol. The van der Waals surface area contributed by atoms with E-state index in [1.807, 2.05) is 0 Å². The molecule has 3 rings (SSSR count). The lowest BCUT2D eigenvalue weighted by Crippen LogP contribution is -2.32. The molecule has 5 nitrogen and oxygen atoms in total. The summed E-state index contributed by atoms with van der Waals surface area (Å²) in [6, 6.07) is 0. The van der Waals surface area contributed by atoms with Crippen LogP contribution in [0, 0.1) is 0 Å². The predicted octanol–water partition coefficient (Wildman–Crippen LogP) is 0.826. The van der Waals surface area contributed by atoms with Gasteiger partial charge in [0.2, 0.25) is 0 Å².